The van der Waals surface area contributed by atoms with Crippen molar-refractivity contribution in [3.63, 3.8) is 0 Å². The fraction of sp³-hybridized carbons (Fsp3) is 0.167. The third kappa shape index (κ3) is 2.76. The van der Waals surface area contributed by atoms with E-state index in [-0.39, 0.29) is 11.4 Å². The number of carboxylic acids is 2. The van der Waals surface area contributed by atoms with Gasteiger partial charge in [-0.05, 0) is 72.2 Å². The quantitative estimate of drug-likeness (QED) is 0.461. The minimum Gasteiger partial charge on any atom is -0.543 e. The molecule has 2 aliphatic carbocycles. The van der Waals surface area contributed by atoms with Crippen molar-refractivity contribution in [2.75, 3.05) is 0 Å². The second-order valence-corrected chi connectivity index (χ2v) is 8.02. The van der Waals surface area contributed by atoms with Gasteiger partial charge >= 0.3 is 0 Å². The van der Waals surface area contributed by atoms with Gasteiger partial charge < -0.3 is 19.8 Å². The predicted molar refractivity (Wildman–Crippen MR) is 109 cm³/mol. The number of pyridine rings is 4. The highest BCUT2D eigenvalue weighted by molar-refractivity contribution is 5.88. The zero-order valence-electron chi connectivity index (χ0n) is 16.7. The van der Waals surface area contributed by atoms with E-state index in [1.807, 2.05) is 12.1 Å². The summed E-state index contributed by atoms with van der Waals surface area (Å²) in [5.74, 6) is -2.67. The van der Waals surface area contributed by atoms with Crippen LogP contribution in [0.25, 0.3) is 33.8 Å². The van der Waals surface area contributed by atoms with Gasteiger partial charge in [0.15, 0.2) is 5.65 Å². The highest BCUT2D eigenvalue weighted by Crippen LogP contribution is 2.36. The van der Waals surface area contributed by atoms with Gasteiger partial charge in [-0.15, -0.1) is 0 Å². The molecule has 0 amide bonds. The topological polar surface area (TPSA) is 132 Å². The van der Waals surface area contributed by atoms with Crippen molar-refractivity contribution in [2.45, 2.75) is 25.7 Å². The summed E-state index contributed by atoms with van der Waals surface area (Å²) in [4.78, 5) is 40.7. The molecule has 0 N–H and O–H groups in total. The van der Waals surface area contributed by atoms with Gasteiger partial charge in [-0.2, -0.15) is 0 Å². The van der Waals surface area contributed by atoms with Gasteiger partial charge in [-0.25, -0.2) is 19.9 Å². The van der Waals surface area contributed by atoms with Gasteiger partial charge in [-0.3, -0.25) is 0 Å². The summed E-state index contributed by atoms with van der Waals surface area (Å²) in [6, 6.07) is 10.5. The van der Waals surface area contributed by atoms with E-state index in [1.165, 1.54) is 12.1 Å². The van der Waals surface area contributed by atoms with Crippen LogP contribution in [0.5, 0.6) is 0 Å². The largest absolute Gasteiger partial charge is 0.543 e. The third-order valence-corrected chi connectivity index (χ3v) is 6.11. The summed E-state index contributed by atoms with van der Waals surface area (Å²) < 4.78 is 0. The van der Waals surface area contributed by atoms with Crippen LogP contribution in [0.1, 0.15) is 43.2 Å². The van der Waals surface area contributed by atoms with E-state index in [0.29, 0.717) is 28.4 Å². The lowest BCUT2D eigenvalue weighted by atomic mass is 9.89. The van der Waals surface area contributed by atoms with E-state index in [9.17, 15) is 19.8 Å². The van der Waals surface area contributed by atoms with Crippen LogP contribution in [0.3, 0.4) is 0 Å². The van der Waals surface area contributed by atoms with Crippen LogP contribution in [0.15, 0.2) is 36.4 Å². The average Bonchev–Trinajstić information content (AvgIpc) is 2.80. The highest BCUT2D eigenvalue weighted by atomic mass is 16.4. The molecule has 0 saturated carbocycles. The molecule has 0 saturated heterocycles. The van der Waals surface area contributed by atoms with Crippen LogP contribution >= 0.6 is 0 Å². The first kappa shape index (κ1) is 18.6. The van der Waals surface area contributed by atoms with Crippen molar-refractivity contribution < 1.29 is 19.8 Å². The first-order chi connectivity index (χ1) is 15.5. The molecule has 0 unspecified atom stereocenters. The van der Waals surface area contributed by atoms with Crippen molar-refractivity contribution >= 4 is 23.0 Å². The second kappa shape index (κ2) is 6.65. The van der Waals surface area contributed by atoms with E-state index in [4.69, 9.17) is 9.97 Å². The molecule has 2 aliphatic rings. The number of carboxylic acid groups (broad SMARTS) is 2. The Morgan fingerprint density at radius 3 is 1.44 bits per heavy atom. The number of carbonyl (C=O) groups excluding carboxylic acids is 2. The Labute approximate surface area is 181 Å². The third-order valence-electron chi connectivity index (χ3n) is 6.11. The zero-order valence-corrected chi connectivity index (χ0v) is 16.7. The lowest BCUT2D eigenvalue weighted by Crippen LogP contribution is -2.24. The van der Waals surface area contributed by atoms with E-state index in [1.54, 1.807) is 12.1 Å². The highest BCUT2D eigenvalue weighted by Gasteiger charge is 2.24. The first-order valence-corrected chi connectivity index (χ1v) is 10.2. The Morgan fingerprint density at radius 2 is 1.00 bits per heavy atom. The van der Waals surface area contributed by atoms with Crippen LogP contribution in [0.4, 0.5) is 0 Å². The molecule has 32 heavy (non-hydrogen) atoms. The molecule has 8 nitrogen and oxygen atoms in total. The molecule has 4 heterocycles. The Bertz CT molecular complexity index is 1390. The number of aromatic carboxylic acids is 2. The standard InChI is InChI=1S/C24H16N4O4/c29-23(30)16-7-5-11-1-3-13-9-15-10-14-4-2-12-6-8-17(24(31)32)26-19(12)21(14)28-22(15)27-20(13)18(11)25-16/h5-10H,1-4H2,(H,29,30)(H,31,32)/p-2. The normalized spacial score (nSPS) is 13.6. The van der Waals surface area contributed by atoms with Gasteiger partial charge in [0.05, 0.1) is 46.1 Å². The molecule has 0 aromatic carbocycles. The number of rotatable bonds is 2. The maximum absolute atomic E-state index is 11.3. The number of hydrogen-bond donors (Lipinski definition) is 0. The summed E-state index contributed by atoms with van der Waals surface area (Å²) in [7, 11) is 0. The lowest BCUT2D eigenvalue weighted by Gasteiger charge is -2.22. The molecule has 6 rings (SSSR count). The number of aromatic nitrogens is 4. The van der Waals surface area contributed by atoms with Gasteiger partial charge in [0.2, 0.25) is 0 Å². The number of nitrogens with zero attached hydrogens (tertiary/aromatic N) is 4. The molecule has 0 spiro atoms. The maximum atomic E-state index is 11.3. The fourth-order valence-corrected chi connectivity index (χ4v) is 4.54. The zero-order chi connectivity index (χ0) is 22.0. The van der Waals surface area contributed by atoms with Crippen molar-refractivity contribution in [3.8, 4) is 22.8 Å². The van der Waals surface area contributed by atoms with Crippen LogP contribution in [0, 0.1) is 0 Å². The Balaban J connectivity index is 1.56. The van der Waals surface area contributed by atoms with Gasteiger partial charge in [0.1, 0.15) is 0 Å². The average molecular weight is 422 g/mol. The van der Waals surface area contributed by atoms with Crippen molar-refractivity contribution in [2.24, 2.45) is 0 Å². The molecule has 0 aliphatic heterocycles. The number of carbonyl (C=O) groups is 2. The molecule has 8 heteroatoms. The Morgan fingerprint density at radius 1 is 0.594 bits per heavy atom. The van der Waals surface area contributed by atoms with Crippen molar-refractivity contribution in [1.29, 1.82) is 0 Å². The molecular weight excluding hydrogens is 408 g/mol. The molecule has 0 bridgehead atoms. The lowest BCUT2D eigenvalue weighted by molar-refractivity contribution is -0.256. The number of fused-ring (bicyclic) bond motifs is 7. The summed E-state index contributed by atoms with van der Waals surface area (Å²) in [5.41, 5.74) is 6.34. The van der Waals surface area contributed by atoms with Crippen LogP contribution in [0.2, 0.25) is 0 Å². The predicted octanol–water partition coefficient (Wildman–Crippen LogP) is 0.678. The monoisotopic (exact) mass is 422 g/mol. The summed E-state index contributed by atoms with van der Waals surface area (Å²) in [5, 5.41) is 23.5. The van der Waals surface area contributed by atoms with Crippen molar-refractivity contribution in [1.82, 2.24) is 19.9 Å². The Hall–Kier alpha value is -4.20. The van der Waals surface area contributed by atoms with Crippen LogP contribution in [-0.4, -0.2) is 31.9 Å². The van der Waals surface area contributed by atoms with E-state index >= 15 is 0 Å². The summed E-state index contributed by atoms with van der Waals surface area (Å²) in [6.45, 7) is 0. The first-order valence-electron chi connectivity index (χ1n) is 10.2. The van der Waals surface area contributed by atoms with E-state index in [2.05, 4.69) is 9.97 Å². The van der Waals surface area contributed by atoms with Crippen molar-refractivity contribution in [3.05, 3.63) is 70.0 Å². The fourth-order valence-electron chi connectivity index (χ4n) is 4.54. The summed E-state index contributed by atoms with van der Waals surface area (Å²) >= 11 is 0. The maximum Gasteiger partial charge on any atom is 0.160 e. The number of aryl methyl sites for hydroxylation is 4. The van der Waals surface area contributed by atoms with Gasteiger partial charge in [0.25, 0.3) is 0 Å². The molecule has 0 atom stereocenters. The molecule has 4 aromatic heterocycles. The van der Waals surface area contributed by atoms with Crippen LogP contribution in [-0.2, 0) is 25.7 Å². The molecule has 156 valence electrons. The molecule has 0 fully saturated rings. The van der Waals surface area contributed by atoms with Crippen LogP contribution < -0.4 is 10.2 Å². The van der Waals surface area contributed by atoms with Gasteiger partial charge in [-0.1, -0.05) is 12.1 Å². The molecular formula is C24H14N4O4-2. The SMILES string of the molecule is O=C([O-])c1ccc2c(n1)-c1nc3nc4c(cc3cc1CC2)CCc1ccc(C(=O)[O-])nc1-4. The molecule has 0 radical (unpaired) electrons. The second-order valence-electron chi connectivity index (χ2n) is 8.02. The summed E-state index contributed by atoms with van der Waals surface area (Å²) in [6.07, 6.45) is 3.04. The minimum atomic E-state index is -1.33. The van der Waals surface area contributed by atoms with E-state index < -0.39 is 11.9 Å². The van der Waals surface area contributed by atoms with E-state index in [0.717, 1.165) is 53.3 Å². The Kier molecular flexibility index (Phi) is 3.86. The minimum absolute atomic E-state index is 0.134. The molecule has 4 aromatic rings. The number of hydrogen-bond acceptors (Lipinski definition) is 8. The smallest absolute Gasteiger partial charge is 0.160 e. The van der Waals surface area contributed by atoms with Gasteiger partial charge in [0, 0.05) is 5.39 Å².